The van der Waals surface area contributed by atoms with Crippen LogP contribution in [0.1, 0.15) is 22.8 Å². The minimum atomic E-state index is -0.301. The van der Waals surface area contributed by atoms with Crippen molar-refractivity contribution in [2.75, 3.05) is 10.6 Å². The fourth-order valence-electron chi connectivity index (χ4n) is 1.91. The number of halogens is 1. The van der Waals surface area contributed by atoms with Gasteiger partial charge in [0.25, 0.3) is 5.91 Å². The summed E-state index contributed by atoms with van der Waals surface area (Å²) < 4.78 is 0. The molecule has 2 aromatic rings. The summed E-state index contributed by atoms with van der Waals surface area (Å²) in [5.74, 6) is -0.529. The minimum absolute atomic E-state index is 0.228. The van der Waals surface area contributed by atoms with Gasteiger partial charge in [0, 0.05) is 17.6 Å². The molecule has 2 aromatic carbocycles. The van der Waals surface area contributed by atoms with Crippen molar-refractivity contribution in [1.82, 2.24) is 0 Å². The number of rotatable bonds is 3. The second-order valence-corrected chi connectivity index (χ2v) is 5.00. The van der Waals surface area contributed by atoms with E-state index >= 15 is 0 Å². The van der Waals surface area contributed by atoms with Crippen LogP contribution in [0.2, 0.25) is 5.02 Å². The summed E-state index contributed by atoms with van der Waals surface area (Å²) in [7, 11) is 0. The van der Waals surface area contributed by atoms with E-state index in [9.17, 15) is 9.59 Å². The predicted octanol–water partition coefficient (Wildman–Crippen LogP) is 3.86. The summed E-state index contributed by atoms with van der Waals surface area (Å²) in [4.78, 5) is 23.6. The number of amides is 2. The molecule has 0 aliphatic carbocycles. The van der Waals surface area contributed by atoms with Crippen molar-refractivity contribution >= 4 is 34.8 Å². The first kappa shape index (κ1) is 15.1. The first-order chi connectivity index (χ1) is 9.99. The van der Waals surface area contributed by atoms with Gasteiger partial charge < -0.3 is 10.6 Å². The highest BCUT2D eigenvalue weighted by molar-refractivity contribution is 6.31. The van der Waals surface area contributed by atoms with Gasteiger partial charge in [0.05, 0.1) is 11.3 Å². The van der Waals surface area contributed by atoms with Gasteiger partial charge in [0.2, 0.25) is 5.91 Å². The maximum absolute atomic E-state index is 12.4. The molecule has 0 fully saturated rings. The summed E-state index contributed by atoms with van der Waals surface area (Å²) in [5, 5.41) is 6.03. The quantitative estimate of drug-likeness (QED) is 0.904. The van der Waals surface area contributed by atoms with Crippen LogP contribution in [-0.2, 0) is 4.79 Å². The second-order valence-electron chi connectivity index (χ2n) is 4.59. The van der Waals surface area contributed by atoms with Crippen LogP contribution in [0.5, 0.6) is 0 Å². The summed E-state index contributed by atoms with van der Waals surface area (Å²) in [6, 6.07) is 12.1. The van der Waals surface area contributed by atoms with Crippen LogP contribution >= 0.6 is 11.6 Å². The van der Waals surface area contributed by atoms with Crippen molar-refractivity contribution in [3.8, 4) is 0 Å². The molecule has 21 heavy (non-hydrogen) atoms. The molecular weight excluding hydrogens is 288 g/mol. The van der Waals surface area contributed by atoms with Crippen molar-refractivity contribution in [1.29, 1.82) is 0 Å². The highest BCUT2D eigenvalue weighted by Gasteiger charge is 2.13. The molecule has 0 aliphatic rings. The molecule has 0 saturated heterocycles. The lowest BCUT2D eigenvalue weighted by atomic mass is 10.1. The van der Waals surface area contributed by atoms with Crippen LogP contribution in [0.25, 0.3) is 0 Å². The third kappa shape index (κ3) is 3.61. The van der Waals surface area contributed by atoms with Crippen molar-refractivity contribution in [2.24, 2.45) is 0 Å². The summed E-state index contributed by atoms with van der Waals surface area (Å²) in [6.07, 6.45) is 0. The molecule has 2 rings (SSSR count). The van der Waals surface area contributed by atoms with E-state index in [1.54, 1.807) is 42.5 Å². The summed E-state index contributed by atoms with van der Waals surface area (Å²) >= 11 is 6.04. The number of benzene rings is 2. The van der Waals surface area contributed by atoms with E-state index < -0.39 is 0 Å². The molecule has 0 heterocycles. The normalized spacial score (nSPS) is 10.0. The maximum Gasteiger partial charge on any atom is 0.257 e. The van der Waals surface area contributed by atoms with Crippen LogP contribution in [0.15, 0.2) is 42.5 Å². The minimum Gasteiger partial charge on any atom is -0.326 e. The molecule has 0 atom stereocenters. The van der Waals surface area contributed by atoms with E-state index in [2.05, 4.69) is 10.6 Å². The van der Waals surface area contributed by atoms with Gasteiger partial charge >= 0.3 is 0 Å². The molecule has 108 valence electrons. The molecule has 0 saturated carbocycles. The Balaban J connectivity index is 2.29. The Morgan fingerprint density at radius 2 is 1.62 bits per heavy atom. The second kappa shape index (κ2) is 6.41. The molecule has 2 amide bonds. The number of carbonyl (C=O) groups is 2. The highest BCUT2D eigenvalue weighted by Crippen LogP contribution is 2.24. The van der Waals surface area contributed by atoms with E-state index in [0.29, 0.717) is 22.0 Å². The Kier molecular flexibility index (Phi) is 4.60. The Morgan fingerprint density at radius 1 is 0.952 bits per heavy atom. The van der Waals surface area contributed by atoms with Crippen molar-refractivity contribution < 1.29 is 9.59 Å². The van der Waals surface area contributed by atoms with Gasteiger partial charge in [-0.25, -0.2) is 0 Å². The molecule has 0 radical (unpaired) electrons. The average molecular weight is 303 g/mol. The highest BCUT2D eigenvalue weighted by atomic mass is 35.5. The first-order valence-corrected chi connectivity index (χ1v) is 6.80. The molecule has 0 spiro atoms. The zero-order chi connectivity index (χ0) is 15.4. The maximum atomic E-state index is 12.4. The van der Waals surface area contributed by atoms with Gasteiger partial charge in [0.15, 0.2) is 0 Å². The van der Waals surface area contributed by atoms with E-state index in [0.717, 1.165) is 5.56 Å². The molecular formula is C16H15ClN2O2. The molecule has 0 bridgehead atoms. The monoisotopic (exact) mass is 302 g/mol. The third-order valence-corrected chi connectivity index (χ3v) is 3.41. The zero-order valence-electron chi connectivity index (χ0n) is 11.7. The number of nitrogens with one attached hydrogen (secondary N) is 2. The summed E-state index contributed by atoms with van der Waals surface area (Å²) in [5.41, 5.74) is 2.31. The number of anilines is 2. The van der Waals surface area contributed by atoms with Crippen molar-refractivity contribution in [3.63, 3.8) is 0 Å². The van der Waals surface area contributed by atoms with E-state index in [4.69, 9.17) is 11.6 Å². The van der Waals surface area contributed by atoms with Crippen LogP contribution in [0, 0.1) is 6.92 Å². The number of para-hydroxylation sites is 1. The van der Waals surface area contributed by atoms with Crippen LogP contribution in [-0.4, -0.2) is 11.8 Å². The molecule has 0 aromatic heterocycles. The Hall–Kier alpha value is -2.33. The fourth-order valence-corrected chi connectivity index (χ4v) is 2.09. The average Bonchev–Trinajstić information content (AvgIpc) is 2.44. The van der Waals surface area contributed by atoms with Gasteiger partial charge in [-0.15, -0.1) is 0 Å². The van der Waals surface area contributed by atoms with Gasteiger partial charge in [-0.05, 0) is 36.8 Å². The Bertz CT molecular complexity index is 698. The summed E-state index contributed by atoms with van der Waals surface area (Å²) in [6.45, 7) is 3.23. The van der Waals surface area contributed by atoms with Crippen molar-refractivity contribution in [2.45, 2.75) is 13.8 Å². The molecule has 0 aliphatic heterocycles. The van der Waals surface area contributed by atoms with Gasteiger partial charge in [-0.2, -0.15) is 0 Å². The number of carbonyl (C=O) groups excluding carboxylic acids is 2. The largest absolute Gasteiger partial charge is 0.326 e. The molecule has 5 heteroatoms. The lowest BCUT2D eigenvalue weighted by Crippen LogP contribution is -2.17. The van der Waals surface area contributed by atoms with Crippen LogP contribution in [0.3, 0.4) is 0 Å². The standard InChI is InChI=1S/C16H15ClN2O2/c1-10-13(17)7-5-9-14(10)19-16(21)12-6-3-4-8-15(12)18-11(2)20/h3-9H,1-2H3,(H,18,20)(H,19,21). The smallest absolute Gasteiger partial charge is 0.257 e. The van der Waals surface area contributed by atoms with Crippen molar-refractivity contribution in [3.05, 3.63) is 58.6 Å². The number of hydrogen-bond acceptors (Lipinski definition) is 2. The Labute approximate surface area is 128 Å². The zero-order valence-corrected chi connectivity index (χ0v) is 12.5. The van der Waals surface area contributed by atoms with Crippen LogP contribution in [0.4, 0.5) is 11.4 Å². The van der Waals surface area contributed by atoms with Gasteiger partial charge in [-0.1, -0.05) is 29.8 Å². The Morgan fingerprint density at radius 3 is 2.33 bits per heavy atom. The fraction of sp³-hybridized carbons (Fsp3) is 0.125. The first-order valence-electron chi connectivity index (χ1n) is 6.42. The van der Waals surface area contributed by atoms with Gasteiger partial charge in [0.1, 0.15) is 0 Å². The molecule has 4 nitrogen and oxygen atoms in total. The molecule has 2 N–H and O–H groups in total. The lowest BCUT2D eigenvalue weighted by molar-refractivity contribution is -0.114. The van der Waals surface area contributed by atoms with Gasteiger partial charge in [-0.3, -0.25) is 9.59 Å². The predicted molar refractivity (Wildman–Crippen MR) is 84.9 cm³/mol. The van der Waals surface area contributed by atoms with E-state index in [1.807, 2.05) is 6.92 Å². The van der Waals surface area contributed by atoms with E-state index in [1.165, 1.54) is 6.92 Å². The lowest BCUT2D eigenvalue weighted by Gasteiger charge is -2.12. The van der Waals surface area contributed by atoms with E-state index in [-0.39, 0.29) is 11.8 Å². The molecule has 0 unspecified atom stereocenters. The third-order valence-electron chi connectivity index (χ3n) is 3.00. The topological polar surface area (TPSA) is 58.2 Å². The van der Waals surface area contributed by atoms with Crippen LogP contribution < -0.4 is 10.6 Å². The number of hydrogen-bond donors (Lipinski definition) is 2. The SMILES string of the molecule is CC(=O)Nc1ccccc1C(=O)Nc1cccc(Cl)c1C.